The zero-order chi connectivity index (χ0) is 12.8. The fourth-order valence-electron chi connectivity index (χ4n) is 3.43. The lowest BCUT2D eigenvalue weighted by molar-refractivity contribution is -0.0429. The average molecular weight is 256 g/mol. The van der Waals surface area contributed by atoms with Gasteiger partial charge in [-0.25, -0.2) is 0 Å². The van der Waals surface area contributed by atoms with Gasteiger partial charge in [-0.05, 0) is 39.3 Å². The summed E-state index contributed by atoms with van der Waals surface area (Å²) < 4.78 is 11.2. The summed E-state index contributed by atoms with van der Waals surface area (Å²) in [6.07, 6.45) is 5.37. The highest BCUT2D eigenvalue weighted by Crippen LogP contribution is 2.30. The molecule has 0 aliphatic carbocycles. The van der Waals surface area contributed by atoms with Crippen LogP contribution in [0.5, 0.6) is 0 Å². The summed E-state index contributed by atoms with van der Waals surface area (Å²) in [5.41, 5.74) is 0.308. The minimum Gasteiger partial charge on any atom is -0.381 e. The lowest BCUT2D eigenvalue weighted by atomic mass is 9.81. The Morgan fingerprint density at radius 1 is 1.44 bits per heavy atom. The van der Waals surface area contributed by atoms with Crippen molar-refractivity contribution in [1.29, 1.82) is 0 Å². The summed E-state index contributed by atoms with van der Waals surface area (Å²) >= 11 is 0. The molecule has 2 fully saturated rings. The van der Waals surface area contributed by atoms with Gasteiger partial charge in [0.05, 0.1) is 12.7 Å². The van der Waals surface area contributed by atoms with Crippen LogP contribution in [0, 0.1) is 5.41 Å². The molecule has 0 spiro atoms. The minimum absolute atomic E-state index is 0.308. The largest absolute Gasteiger partial charge is 0.381 e. The van der Waals surface area contributed by atoms with E-state index < -0.39 is 0 Å². The Kier molecular flexibility index (Phi) is 5.42. The van der Waals surface area contributed by atoms with E-state index in [1.54, 1.807) is 0 Å². The smallest absolute Gasteiger partial charge is 0.0698 e. The summed E-state index contributed by atoms with van der Waals surface area (Å²) in [5.74, 6) is 0. The number of piperidine rings is 1. The number of hydrogen-bond acceptors (Lipinski definition) is 4. The Morgan fingerprint density at radius 2 is 2.33 bits per heavy atom. The predicted molar refractivity (Wildman–Crippen MR) is 72.9 cm³/mol. The highest BCUT2D eigenvalue weighted by molar-refractivity contribution is 4.88. The SMILES string of the molecule is CNCC1(CN2CCCC(OC)C2)CCCOC1. The maximum Gasteiger partial charge on any atom is 0.0698 e. The fourth-order valence-corrected chi connectivity index (χ4v) is 3.43. The molecule has 4 heteroatoms. The van der Waals surface area contributed by atoms with E-state index in [1.165, 1.54) is 32.2 Å². The number of nitrogens with one attached hydrogen (secondary N) is 1. The molecule has 0 saturated carbocycles. The van der Waals surface area contributed by atoms with Crippen LogP contribution in [-0.2, 0) is 9.47 Å². The first-order valence-electron chi connectivity index (χ1n) is 7.25. The lowest BCUT2D eigenvalue weighted by Gasteiger charge is -2.43. The molecule has 0 aromatic heterocycles. The number of rotatable bonds is 5. The average Bonchev–Trinajstić information content (AvgIpc) is 2.40. The van der Waals surface area contributed by atoms with Crippen molar-refractivity contribution in [2.45, 2.75) is 31.8 Å². The first-order chi connectivity index (χ1) is 8.78. The zero-order valence-corrected chi connectivity index (χ0v) is 11.9. The molecule has 1 N–H and O–H groups in total. The maximum absolute atomic E-state index is 5.73. The molecule has 0 radical (unpaired) electrons. The molecule has 2 aliphatic heterocycles. The number of hydrogen-bond donors (Lipinski definition) is 1. The standard InChI is InChI=1S/C14H28N2O2/c1-15-10-14(6-4-8-18-12-14)11-16-7-3-5-13(9-16)17-2/h13,15H,3-12H2,1-2H3. The van der Waals surface area contributed by atoms with Crippen LogP contribution >= 0.6 is 0 Å². The van der Waals surface area contributed by atoms with E-state index in [-0.39, 0.29) is 0 Å². The summed E-state index contributed by atoms with van der Waals surface area (Å²) in [5, 5.41) is 3.36. The molecule has 0 amide bonds. The van der Waals surface area contributed by atoms with Crippen molar-refractivity contribution in [3.63, 3.8) is 0 Å². The molecule has 0 bridgehead atoms. The van der Waals surface area contributed by atoms with Crippen LogP contribution in [0.2, 0.25) is 0 Å². The maximum atomic E-state index is 5.73. The van der Waals surface area contributed by atoms with Gasteiger partial charge in [0.1, 0.15) is 0 Å². The molecule has 2 atom stereocenters. The van der Waals surface area contributed by atoms with Gasteiger partial charge in [0, 0.05) is 38.8 Å². The molecule has 2 unspecified atom stereocenters. The van der Waals surface area contributed by atoms with E-state index in [9.17, 15) is 0 Å². The molecule has 0 aromatic carbocycles. The number of ether oxygens (including phenoxy) is 2. The second kappa shape index (κ2) is 6.85. The minimum atomic E-state index is 0.308. The summed E-state index contributed by atoms with van der Waals surface area (Å²) in [6.45, 7) is 6.34. The van der Waals surface area contributed by atoms with Gasteiger partial charge in [-0.15, -0.1) is 0 Å². The van der Waals surface area contributed by atoms with Crippen molar-refractivity contribution in [1.82, 2.24) is 10.2 Å². The van der Waals surface area contributed by atoms with Gasteiger partial charge in [-0.1, -0.05) is 0 Å². The van der Waals surface area contributed by atoms with Gasteiger partial charge in [0.25, 0.3) is 0 Å². The van der Waals surface area contributed by atoms with Gasteiger partial charge in [-0.3, -0.25) is 0 Å². The molecule has 18 heavy (non-hydrogen) atoms. The Bertz CT molecular complexity index is 236. The topological polar surface area (TPSA) is 33.7 Å². The van der Waals surface area contributed by atoms with E-state index in [0.717, 1.165) is 32.8 Å². The Labute approximate surface area is 111 Å². The molecule has 2 rings (SSSR count). The molecule has 106 valence electrons. The van der Waals surface area contributed by atoms with Crippen LogP contribution in [0.25, 0.3) is 0 Å². The Balaban J connectivity index is 1.91. The second-order valence-electron chi connectivity index (χ2n) is 5.92. The molecule has 2 aliphatic rings. The van der Waals surface area contributed by atoms with E-state index in [4.69, 9.17) is 9.47 Å². The van der Waals surface area contributed by atoms with E-state index >= 15 is 0 Å². The number of nitrogens with zero attached hydrogens (tertiary/aromatic N) is 1. The summed E-state index contributed by atoms with van der Waals surface area (Å²) in [7, 11) is 3.88. The molecular weight excluding hydrogens is 228 g/mol. The van der Waals surface area contributed by atoms with Crippen molar-refractivity contribution in [2.24, 2.45) is 5.41 Å². The van der Waals surface area contributed by atoms with Gasteiger partial charge >= 0.3 is 0 Å². The van der Waals surface area contributed by atoms with Gasteiger partial charge in [0.15, 0.2) is 0 Å². The van der Waals surface area contributed by atoms with Gasteiger partial charge in [-0.2, -0.15) is 0 Å². The van der Waals surface area contributed by atoms with Crippen molar-refractivity contribution >= 4 is 0 Å². The van der Waals surface area contributed by atoms with E-state index in [2.05, 4.69) is 10.2 Å². The Morgan fingerprint density at radius 3 is 3.00 bits per heavy atom. The zero-order valence-electron chi connectivity index (χ0n) is 11.9. The van der Waals surface area contributed by atoms with Gasteiger partial charge < -0.3 is 19.7 Å². The van der Waals surface area contributed by atoms with Crippen LogP contribution < -0.4 is 5.32 Å². The van der Waals surface area contributed by atoms with Crippen LogP contribution in [0.3, 0.4) is 0 Å². The molecule has 2 saturated heterocycles. The summed E-state index contributed by atoms with van der Waals surface area (Å²) in [6, 6.07) is 0. The molecule has 4 nitrogen and oxygen atoms in total. The number of methoxy groups -OCH3 is 1. The first kappa shape index (κ1) is 14.3. The quantitative estimate of drug-likeness (QED) is 0.799. The van der Waals surface area contributed by atoms with E-state index in [1.807, 2.05) is 14.2 Å². The van der Waals surface area contributed by atoms with Crippen LogP contribution in [-0.4, -0.2) is 64.6 Å². The fraction of sp³-hybridized carbons (Fsp3) is 1.00. The lowest BCUT2D eigenvalue weighted by Crippen LogP contribution is -2.51. The third-order valence-corrected chi connectivity index (χ3v) is 4.31. The van der Waals surface area contributed by atoms with Crippen molar-refractivity contribution in [3.8, 4) is 0 Å². The van der Waals surface area contributed by atoms with Crippen LogP contribution in [0.1, 0.15) is 25.7 Å². The highest BCUT2D eigenvalue weighted by atomic mass is 16.5. The monoisotopic (exact) mass is 256 g/mol. The summed E-state index contributed by atoms with van der Waals surface area (Å²) in [4.78, 5) is 2.57. The Hall–Kier alpha value is -0.160. The molecular formula is C14H28N2O2. The van der Waals surface area contributed by atoms with Crippen molar-refractivity contribution in [2.75, 3.05) is 53.6 Å². The van der Waals surface area contributed by atoms with E-state index in [0.29, 0.717) is 11.5 Å². The third kappa shape index (κ3) is 3.67. The van der Waals surface area contributed by atoms with Crippen LogP contribution in [0.4, 0.5) is 0 Å². The first-order valence-corrected chi connectivity index (χ1v) is 7.25. The van der Waals surface area contributed by atoms with Crippen molar-refractivity contribution < 1.29 is 9.47 Å². The highest BCUT2D eigenvalue weighted by Gasteiger charge is 2.35. The van der Waals surface area contributed by atoms with Gasteiger partial charge in [0.2, 0.25) is 0 Å². The number of likely N-dealkylation sites (tertiary alicyclic amines) is 1. The molecule has 0 aromatic rings. The van der Waals surface area contributed by atoms with Crippen molar-refractivity contribution in [3.05, 3.63) is 0 Å². The second-order valence-corrected chi connectivity index (χ2v) is 5.92. The molecule has 2 heterocycles. The normalized spacial score (nSPS) is 34.7. The van der Waals surface area contributed by atoms with Crippen LogP contribution in [0.15, 0.2) is 0 Å². The third-order valence-electron chi connectivity index (χ3n) is 4.31. The predicted octanol–water partition coefficient (Wildman–Crippen LogP) is 1.11.